The molecule has 0 fully saturated rings. The summed E-state index contributed by atoms with van der Waals surface area (Å²) < 4.78 is 33.7. The summed E-state index contributed by atoms with van der Waals surface area (Å²) in [7, 11) is -2.59. The van der Waals surface area contributed by atoms with Crippen molar-refractivity contribution in [3.8, 4) is 5.75 Å². The van der Waals surface area contributed by atoms with Gasteiger partial charge < -0.3 is 10.1 Å². The van der Waals surface area contributed by atoms with Gasteiger partial charge in [-0.3, -0.25) is 4.79 Å². The minimum atomic E-state index is -4.03. The largest absolute Gasteiger partial charge is 0.495 e. The van der Waals surface area contributed by atoms with Crippen LogP contribution in [-0.2, 0) is 21.2 Å². The Labute approximate surface area is 193 Å². The first kappa shape index (κ1) is 23.8. The van der Waals surface area contributed by atoms with Crippen LogP contribution in [0.1, 0.15) is 16.7 Å². The molecule has 0 heterocycles. The molecule has 0 saturated carbocycles. The molecule has 6 nitrogen and oxygen atoms in total. The van der Waals surface area contributed by atoms with Gasteiger partial charge in [-0.25, -0.2) is 8.42 Å². The molecule has 3 aromatic carbocycles. The van der Waals surface area contributed by atoms with Gasteiger partial charge in [0.25, 0.3) is 0 Å². The van der Waals surface area contributed by atoms with E-state index in [9.17, 15) is 13.2 Å². The molecule has 32 heavy (non-hydrogen) atoms. The van der Waals surface area contributed by atoms with Crippen LogP contribution in [0.4, 0.5) is 5.69 Å². The highest BCUT2D eigenvalue weighted by atomic mass is 35.5. The standard InChI is InChI=1S/C24H25ClN2O4S/c1-16-9-11-21(17(2)13-16)26-24(28)22(14-18-7-5-4-6-8-18)27-32(29,30)19-10-12-23(31-3)20(25)15-19/h4-13,15,22,27H,14H2,1-3H3,(H,26,28)/t22-/m0/s1. The molecule has 3 rings (SSSR count). The van der Waals surface area contributed by atoms with Gasteiger partial charge in [0.05, 0.1) is 17.0 Å². The summed E-state index contributed by atoms with van der Waals surface area (Å²) in [6.07, 6.45) is 0.181. The normalized spacial score (nSPS) is 12.2. The zero-order valence-corrected chi connectivity index (χ0v) is 19.6. The van der Waals surface area contributed by atoms with Gasteiger partial charge >= 0.3 is 0 Å². The number of ether oxygens (including phenoxy) is 1. The summed E-state index contributed by atoms with van der Waals surface area (Å²) in [5, 5.41) is 3.01. The zero-order valence-electron chi connectivity index (χ0n) is 18.1. The predicted molar refractivity (Wildman–Crippen MR) is 127 cm³/mol. The average molecular weight is 473 g/mol. The smallest absolute Gasteiger partial charge is 0.242 e. The van der Waals surface area contributed by atoms with E-state index in [-0.39, 0.29) is 16.3 Å². The van der Waals surface area contributed by atoms with Gasteiger partial charge in [-0.2, -0.15) is 4.72 Å². The number of aryl methyl sites for hydroxylation is 2. The van der Waals surface area contributed by atoms with Crippen molar-refractivity contribution in [2.75, 3.05) is 12.4 Å². The van der Waals surface area contributed by atoms with E-state index in [2.05, 4.69) is 10.0 Å². The first-order chi connectivity index (χ1) is 15.2. The summed E-state index contributed by atoms with van der Waals surface area (Å²) >= 11 is 6.11. The Balaban J connectivity index is 1.89. The fourth-order valence-electron chi connectivity index (χ4n) is 3.28. The van der Waals surface area contributed by atoms with E-state index in [1.54, 1.807) is 6.07 Å². The number of rotatable bonds is 8. The van der Waals surface area contributed by atoms with E-state index in [4.69, 9.17) is 16.3 Å². The van der Waals surface area contributed by atoms with Crippen molar-refractivity contribution in [3.63, 3.8) is 0 Å². The fourth-order valence-corrected chi connectivity index (χ4v) is 4.82. The van der Waals surface area contributed by atoms with Gasteiger partial charge in [0.15, 0.2) is 0 Å². The molecule has 168 valence electrons. The molecule has 0 radical (unpaired) electrons. The molecule has 0 aliphatic heterocycles. The molecular formula is C24H25ClN2O4S. The number of carbonyl (C=O) groups is 1. The van der Waals surface area contributed by atoms with Crippen LogP contribution in [0.25, 0.3) is 0 Å². The third kappa shape index (κ3) is 5.88. The van der Waals surface area contributed by atoms with Gasteiger partial charge in [-0.15, -0.1) is 0 Å². The number of hydrogen-bond acceptors (Lipinski definition) is 4. The Morgan fingerprint density at radius 2 is 1.75 bits per heavy atom. The highest BCUT2D eigenvalue weighted by molar-refractivity contribution is 7.89. The monoisotopic (exact) mass is 472 g/mol. The van der Waals surface area contributed by atoms with Gasteiger partial charge in [0, 0.05) is 5.69 Å². The van der Waals surface area contributed by atoms with E-state index < -0.39 is 22.0 Å². The summed E-state index contributed by atoms with van der Waals surface area (Å²) in [5.74, 6) is -0.0944. The van der Waals surface area contributed by atoms with Crippen molar-refractivity contribution in [1.82, 2.24) is 4.72 Å². The molecule has 0 bridgehead atoms. The second-order valence-electron chi connectivity index (χ2n) is 7.47. The van der Waals surface area contributed by atoms with E-state index >= 15 is 0 Å². The van der Waals surface area contributed by atoms with Crippen LogP contribution in [0.3, 0.4) is 0 Å². The Morgan fingerprint density at radius 3 is 2.38 bits per heavy atom. The Kier molecular flexibility index (Phi) is 7.56. The maximum atomic E-state index is 13.1. The zero-order chi connectivity index (χ0) is 23.3. The molecule has 0 saturated heterocycles. The van der Waals surface area contributed by atoms with Crippen LogP contribution >= 0.6 is 11.6 Å². The van der Waals surface area contributed by atoms with E-state index in [0.29, 0.717) is 11.4 Å². The van der Waals surface area contributed by atoms with E-state index in [0.717, 1.165) is 16.7 Å². The molecule has 0 spiro atoms. The first-order valence-electron chi connectivity index (χ1n) is 9.97. The van der Waals surface area contributed by atoms with Gasteiger partial charge in [0.1, 0.15) is 11.8 Å². The average Bonchev–Trinajstić information content (AvgIpc) is 2.75. The maximum Gasteiger partial charge on any atom is 0.242 e. The molecule has 1 atom stereocenters. The molecule has 0 aliphatic carbocycles. The Morgan fingerprint density at radius 1 is 1.03 bits per heavy atom. The quantitative estimate of drug-likeness (QED) is 0.505. The topological polar surface area (TPSA) is 84.5 Å². The third-order valence-corrected chi connectivity index (χ3v) is 6.73. The second kappa shape index (κ2) is 10.2. The summed E-state index contributed by atoms with van der Waals surface area (Å²) in [6.45, 7) is 3.85. The number of sulfonamides is 1. The van der Waals surface area contributed by atoms with Crippen molar-refractivity contribution in [1.29, 1.82) is 0 Å². The molecule has 0 unspecified atom stereocenters. The van der Waals surface area contributed by atoms with Crippen molar-refractivity contribution in [2.24, 2.45) is 0 Å². The molecule has 8 heteroatoms. The third-order valence-electron chi connectivity index (χ3n) is 4.97. The summed E-state index contributed by atoms with van der Waals surface area (Å²) in [5.41, 5.74) is 3.41. The van der Waals surface area contributed by atoms with Gasteiger partial charge in [0.2, 0.25) is 15.9 Å². The molecule has 0 aliphatic rings. The van der Waals surface area contributed by atoms with Crippen molar-refractivity contribution in [3.05, 3.63) is 88.4 Å². The Bertz CT molecular complexity index is 1210. The number of anilines is 1. The predicted octanol–water partition coefficient (Wildman–Crippen LogP) is 4.49. The first-order valence-corrected chi connectivity index (χ1v) is 11.8. The molecular weight excluding hydrogens is 448 g/mol. The van der Waals surface area contributed by atoms with Crippen molar-refractivity contribution in [2.45, 2.75) is 31.2 Å². The highest BCUT2D eigenvalue weighted by Gasteiger charge is 2.27. The van der Waals surface area contributed by atoms with Crippen LogP contribution in [0.15, 0.2) is 71.6 Å². The van der Waals surface area contributed by atoms with E-state index in [1.807, 2.05) is 56.3 Å². The lowest BCUT2D eigenvalue weighted by atomic mass is 10.1. The SMILES string of the molecule is COc1ccc(S(=O)(=O)N[C@@H](Cc2ccccc2)C(=O)Nc2ccc(C)cc2C)cc1Cl. The number of amides is 1. The molecule has 2 N–H and O–H groups in total. The molecule has 0 aromatic heterocycles. The lowest BCUT2D eigenvalue weighted by Gasteiger charge is -2.20. The van der Waals surface area contributed by atoms with Crippen LogP contribution in [0, 0.1) is 13.8 Å². The van der Waals surface area contributed by atoms with Crippen molar-refractivity contribution < 1.29 is 17.9 Å². The van der Waals surface area contributed by atoms with Gasteiger partial charge in [-0.05, 0) is 55.7 Å². The lowest BCUT2D eigenvalue weighted by Crippen LogP contribution is -2.45. The summed E-state index contributed by atoms with van der Waals surface area (Å²) in [6, 6.07) is 18.0. The fraction of sp³-hybridized carbons (Fsp3) is 0.208. The number of halogens is 1. The second-order valence-corrected chi connectivity index (χ2v) is 9.59. The number of carbonyl (C=O) groups excluding carboxylic acids is 1. The minimum Gasteiger partial charge on any atom is -0.495 e. The molecule has 3 aromatic rings. The van der Waals surface area contributed by atoms with Crippen molar-refractivity contribution >= 4 is 33.2 Å². The number of hydrogen-bond donors (Lipinski definition) is 2. The number of benzene rings is 3. The summed E-state index contributed by atoms with van der Waals surface area (Å²) in [4.78, 5) is 13.1. The van der Waals surface area contributed by atoms with E-state index in [1.165, 1.54) is 25.3 Å². The van der Waals surface area contributed by atoms with Crippen LogP contribution in [-0.4, -0.2) is 27.5 Å². The van der Waals surface area contributed by atoms with Gasteiger partial charge in [-0.1, -0.05) is 59.6 Å². The highest BCUT2D eigenvalue weighted by Crippen LogP contribution is 2.27. The molecule has 1 amide bonds. The maximum absolute atomic E-state index is 13.1. The minimum absolute atomic E-state index is 0.0549. The van der Waals surface area contributed by atoms with Crippen LogP contribution in [0.5, 0.6) is 5.75 Å². The van der Waals surface area contributed by atoms with Crippen LogP contribution in [0.2, 0.25) is 5.02 Å². The number of methoxy groups -OCH3 is 1. The van der Waals surface area contributed by atoms with Crippen LogP contribution < -0.4 is 14.8 Å². The Hall–Kier alpha value is -2.87. The lowest BCUT2D eigenvalue weighted by molar-refractivity contribution is -0.117. The number of nitrogens with one attached hydrogen (secondary N) is 2.